The van der Waals surface area contributed by atoms with Gasteiger partial charge in [-0.05, 0) is 43.4 Å². The number of nitrogen functional groups attached to an aromatic ring is 1. The summed E-state index contributed by atoms with van der Waals surface area (Å²) in [4.78, 5) is 11.4. The van der Waals surface area contributed by atoms with Gasteiger partial charge in [0.15, 0.2) is 0 Å². The molecule has 4 heteroatoms. The molecule has 1 aromatic carbocycles. The van der Waals surface area contributed by atoms with Crippen LogP contribution >= 0.6 is 0 Å². The normalized spacial score (nSPS) is 14.7. The van der Waals surface area contributed by atoms with Crippen LogP contribution in [-0.4, -0.2) is 11.4 Å². The highest BCUT2D eigenvalue weighted by Crippen LogP contribution is 2.34. The first-order valence-electron chi connectivity index (χ1n) is 7.54. The van der Waals surface area contributed by atoms with E-state index in [1.165, 1.54) is 5.56 Å². The fourth-order valence-electron chi connectivity index (χ4n) is 2.85. The molecule has 1 aliphatic rings. The maximum absolute atomic E-state index is 11.4. The van der Waals surface area contributed by atoms with E-state index in [1.54, 1.807) is 0 Å². The lowest BCUT2D eigenvalue weighted by Crippen LogP contribution is -2.36. The Morgan fingerprint density at radius 1 is 1.20 bits per heavy atom. The summed E-state index contributed by atoms with van der Waals surface area (Å²) in [6.07, 6.45) is 4.53. The van der Waals surface area contributed by atoms with E-state index in [2.05, 4.69) is 37.5 Å². The van der Waals surface area contributed by atoms with Crippen molar-refractivity contribution < 1.29 is 4.79 Å². The predicted molar refractivity (Wildman–Crippen MR) is 85.0 cm³/mol. The molecule has 0 aromatic heterocycles. The Kier molecular flexibility index (Phi) is 4.21. The molecule has 1 heterocycles. The van der Waals surface area contributed by atoms with Crippen LogP contribution < -0.4 is 16.4 Å². The summed E-state index contributed by atoms with van der Waals surface area (Å²) in [6.45, 7) is 6.61. The first kappa shape index (κ1) is 14.7. The van der Waals surface area contributed by atoms with Gasteiger partial charge in [0, 0.05) is 17.6 Å². The average Bonchev–Trinajstić information content (AvgIpc) is 2.45. The van der Waals surface area contributed by atoms with Crippen molar-refractivity contribution in [2.75, 3.05) is 16.4 Å². The molecule has 0 fully saturated rings. The third-order valence-electron chi connectivity index (χ3n) is 4.60. The summed E-state index contributed by atoms with van der Waals surface area (Å²) in [5.74, 6) is 0.0719. The minimum atomic E-state index is 0.0719. The minimum absolute atomic E-state index is 0.0719. The van der Waals surface area contributed by atoms with Gasteiger partial charge in [-0.15, -0.1) is 0 Å². The minimum Gasteiger partial charge on any atom is -0.397 e. The van der Waals surface area contributed by atoms with Crippen LogP contribution in [0, 0.1) is 0 Å². The molecular weight excluding hydrogens is 250 g/mol. The number of nitrogens with one attached hydrogen (secondary N) is 2. The van der Waals surface area contributed by atoms with Crippen LogP contribution in [0.2, 0.25) is 0 Å². The summed E-state index contributed by atoms with van der Waals surface area (Å²) in [5, 5.41) is 6.52. The van der Waals surface area contributed by atoms with Gasteiger partial charge in [0.1, 0.15) is 0 Å². The number of carbonyl (C=O) groups is 1. The van der Waals surface area contributed by atoms with E-state index in [9.17, 15) is 4.79 Å². The zero-order chi connectivity index (χ0) is 14.8. The summed E-state index contributed by atoms with van der Waals surface area (Å²) < 4.78 is 0. The predicted octanol–water partition coefficient (Wildman–Crippen LogP) is 3.53. The Morgan fingerprint density at radius 2 is 1.85 bits per heavy atom. The van der Waals surface area contributed by atoms with Gasteiger partial charge in [0.05, 0.1) is 11.4 Å². The van der Waals surface area contributed by atoms with E-state index in [4.69, 9.17) is 5.73 Å². The number of aryl methyl sites for hydroxylation is 1. The van der Waals surface area contributed by atoms with Crippen molar-refractivity contribution in [3.63, 3.8) is 0 Å². The lowest BCUT2D eigenvalue weighted by molar-refractivity contribution is -0.116. The number of rotatable bonds is 5. The molecule has 0 saturated heterocycles. The van der Waals surface area contributed by atoms with Crippen LogP contribution in [0.4, 0.5) is 17.1 Å². The monoisotopic (exact) mass is 275 g/mol. The van der Waals surface area contributed by atoms with Gasteiger partial charge in [-0.2, -0.15) is 0 Å². The van der Waals surface area contributed by atoms with Crippen LogP contribution in [0.5, 0.6) is 0 Å². The van der Waals surface area contributed by atoms with E-state index in [0.717, 1.165) is 37.1 Å². The van der Waals surface area contributed by atoms with Gasteiger partial charge < -0.3 is 16.4 Å². The number of amides is 1. The van der Waals surface area contributed by atoms with Gasteiger partial charge >= 0.3 is 0 Å². The zero-order valence-corrected chi connectivity index (χ0v) is 12.7. The van der Waals surface area contributed by atoms with Crippen molar-refractivity contribution >= 4 is 23.0 Å². The van der Waals surface area contributed by atoms with Gasteiger partial charge in [-0.25, -0.2) is 0 Å². The topological polar surface area (TPSA) is 67.2 Å². The third-order valence-corrected chi connectivity index (χ3v) is 4.60. The number of fused-ring (bicyclic) bond motifs is 1. The Labute approximate surface area is 121 Å². The maximum Gasteiger partial charge on any atom is 0.224 e. The maximum atomic E-state index is 11.4. The molecular formula is C16H25N3O. The molecule has 0 radical (unpaired) electrons. The molecule has 0 unspecified atom stereocenters. The van der Waals surface area contributed by atoms with Gasteiger partial charge in [0.2, 0.25) is 5.91 Å². The van der Waals surface area contributed by atoms with Crippen molar-refractivity contribution in [3.8, 4) is 0 Å². The highest BCUT2D eigenvalue weighted by atomic mass is 16.1. The van der Waals surface area contributed by atoms with E-state index in [0.29, 0.717) is 12.1 Å². The number of nitrogens with two attached hydrogens (primary N) is 1. The van der Waals surface area contributed by atoms with E-state index in [1.807, 2.05) is 6.07 Å². The second kappa shape index (κ2) is 5.73. The molecule has 20 heavy (non-hydrogen) atoms. The summed E-state index contributed by atoms with van der Waals surface area (Å²) in [6, 6.07) is 3.97. The largest absolute Gasteiger partial charge is 0.397 e. The summed E-state index contributed by atoms with van der Waals surface area (Å²) in [5.41, 5.74) is 9.96. The molecule has 1 aromatic rings. The fraction of sp³-hybridized carbons (Fsp3) is 0.562. The Morgan fingerprint density at radius 3 is 2.45 bits per heavy atom. The third kappa shape index (κ3) is 2.74. The van der Waals surface area contributed by atoms with Crippen molar-refractivity contribution in [2.24, 2.45) is 0 Å². The molecule has 0 saturated carbocycles. The van der Waals surface area contributed by atoms with E-state index >= 15 is 0 Å². The first-order valence-corrected chi connectivity index (χ1v) is 7.54. The van der Waals surface area contributed by atoms with Crippen molar-refractivity contribution in [3.05, 3.63) is 17.7 Å². The highest BCUT2D eigenvalue weighted by molar-refractivity contribution is 5.95. The lowest BCUT2D eigenvalue weighted by Gasteiger charge is -2.34. The number of hydrogen-bond donors (Lipinski definition) is 3. The van der Waals surface area contributed by atoms with Crippen molar-refractivity contribution in [1.29, 1.82) is 0 Å². The smallest absolute Gasteiger partial charge is 0.224 e. The number of anilines is 3. The molecule has 0 atom stereocenters. The molecule has 0 spiro atoms. The summed E-state index contributed by atoms with van der Waals surface area (Å²) in [7, 11) is 0. The van der Waals surface area contributed by atoms with Gasteiger partial charge in [-0.1, -0.05) is 20.8 Å². The first-order chi connectivity index (χ1) is 9.53. The number of benzene rings is 1. The molecule has 1 amide bonds. The molecule has 1 aliphatic heterocycles. The molecule has 0 bridgehead atoms. The standard InChI is InChI=1S/C16H25N3O/c1-4-16(5-2,6-3)19-14-9-11-7-8-15(20)18-13(11)10-12(14)17/h9-10,19H,4-8,17H2,1-3H3,(H,18,20). The number of hydrogen-bond acceptors (Lipinski definition) is 3. The van der Waals surface area contributed by atoms with Crippen LogP contribution in [0.15, 0.2) is 12.1 Å². The Hall–Kier alpha value is -1.71. The Balaban J connectivity index is 2.31. The Bertz CT molecular complexity index is 498. The molecule has 4 nitrogen and oxygen atoms in total. The van der Waals surface area contributed by atoms with E-state index in [-0.39, 0.29) is 11.4 Å². The molecule has 4 N–H and O–H groups in total. The van der Waals surface area contributed by atoms with Crippen molar-refractivity contribution in [2.45, 2.75) is 58.4 Å². The summed E-state index contributed by atoms with van der Waals surface area (Å²) >= 11 is 0. The fourth-order valence-corrected chi connectivity index (χ4v) is 2.85. The molecule has 110 valence electrons. The van der Waals surface area contributed by atoms with E-state index < -0.39 is 0 Å². The highest BCUT2D eigenvalue weighted by Gasteiger charge is 2.25. The quantitative estimate of drug-likeness (QED) is 0.720. The van der Waals surface area contributed by atoms with Crippen LogP contribution in [0.25, 0.3) is 0 Å². The zero-order valence-electron chi connectivity index (χ0n) is 12.7. The average molecular weight is 275 g/mol. The van der Waals surface area contributed by atoms with Crippen LogP contribution in [0.3, 0.4) is 0 Å². The SMILES string of the molecule is CCC(CC)(CC)Nc1cc2c(cc1N)NC(=O)CC2. The van der Waals surface area contributed by atoms with Gasteiger partial charge in [-0.3, -0.25) is 4.79 Å². The lowest BCUT2D eigenvalue weighted by atomic mass is 9.89. The number of carbonyl (C=O) groups excluding carboxylic acids is 1. The van der Waals surface area contributed by atoms with Crippen LogP contribution in [-0.2, 0) is 11.2 Å². The molecule has 0 aliphatic carbocycles. The van der Waals surface area contributed by atoms with Gasteiger partial charge in [0.25, 0.3) is 0 Å². The second-order valence-corrected chi connectivity index (χ2v) is 5.61. The van der Waals surface area contributed by atoms with Crippen molar-refractivity contribution in [1.82, 2.24) is 0 Å². The molecule has 2 rings (SSSR count). The second-order valence-electron chi connectivity index (χ2n) is 5.61. The van der Waals surface area contributed by atoms with Crippen LogP contribution in [0.1, 0.15) is 52.0 Å².